The molecule has 150 valence electrons. The number of rotatable bonds is 3. The van der Waals surface area contributed by atoms with Gasteiger partial charge in [-0.1, -0.05) is 0 Å². The van der Waals surface area contributed by atoms with Crippen molar-refractivity contribution in [3.8, 4) is 11.5 Å². The van der Waals surface area contributed by atoms with E-state index in [1.165, 1.54) is 7.11 Å². The molecule has 0 aliphatic carbocycles. The predicted molar refractivity (Wildman–Crippen MR) is 81.4 cm³/mol. The van der Waals surface area contributed by atoms with Crippen molar-refractivity contribution >= 4 is 0 Å². The maximum absolute atomic E-state index is 13.3. The van der Waals surface area contributed by atoms with Crippen LogP contribution in [0.3, 0.4) is 0 Å². The summed E-state index contributed by atoms with van der Waals surface area (Å²) in [7, 11) is 2.46. The van der Waals surface area contributed by atoms with Crippen LogP contribution in [0.5, 0.6) is 11.5 Å². The summed E-state index contributed by atoms with van der Waals surface area (Å²) in [5.74, 6) is -4.39. The highest BCUT2D eigenvalue weighted by molar-refractivity contribution is 5.34. The SMILES string of the molecule is COc1cc(F)c(C(C)(O)C(F)(F)F)c(F)c1.COc1cc(F)cc(F)c1. The quantitative estimate of drug-likeness (QED) is 0.758. The monoisotopic (exact) mass is 400 g/mol. The second-order valence-electron chi connectivity index (χ2n) is 5.35. The molecule has 2 aromatic carbocycles. The summed E-state index contributed by atoms with van der Waals surface area (Å²) in [6.07, 6.45) is -5.19. The molecule has 2 aromatic rings. The second-order valence-corrected chi connectivity index (χ2v) is 5.35. The topological polar surface area (TPSA) is 38.7 Å². The zero-order valence-electron chi connectivity index (χ0n) is 14.3. The maximum atomic E-state index is 13.3. The van der Waals surface area contributed by atoms with Gasteiger partial charge in [-0.25, -0.2) is 17.6 Å². The number of hydrogen-bond acceptors (Lipinski definition) is 3. The molecule has 3 nitrogen and oxygen atoms in total. The van der Waals surface area contributed by atoms with Gasteiger partial charge in [0.2, 0.25) is 0 Å². The van der Waals surface area contributed by atoms with E-state index in [4.69, 9.17) is 0 Å². The van der Waals surface area contributed by atoms with Gasteiger partial charge < -0.3 is 14.6 Å². The molecule has 0 fully saturated rings. The highest BCUT2D eigenvalue weighted by atomic mass is 19.4. The highest BCUT2D eigenvalue weighted by Gasteiger charge is 2.54. The Morgan fingerprint density at radius 1 is 0.741 bits per heavy atom. The van der Waals surface area contributed by atoms with Crippen LogP contribution in [0.2, 0.25) is 0 Å². The first-order valence-corrected chi connectivity index (χ1v) is 7.16. The molecule has 10 heteroatoms. The Morgan fingerprint density at radius 2 is 1.11 bits per heavy atom. The number of methoxy groups -OCH3 is 2. The second kappa shape index (κ2) is 8.47. The van der Waals surface area contributed by atoms with E-state index in [2.05, 4.69) is 9.47 Å². The lowest BCUT2D eigenvalue weighted by molar-refractivity contribution is -0.260. The largest absolute Gasteiger partial charge is 0.497 e. The van der Waals surface area contributed by atoms with Gasteiger partial charge in [0.1, 0.15) is 34.8 Å². The third-order valence-electron chi connectivity index (χ3n) is 3.36. The van der Waals surface area contributed by atoms with Crippen LogP contribution >= 0.6 is 0 Å². The molecule has 0 aliphatic heterocycles. The molecule has 2 rings (SSSR count). The van der Waals surface area contributed by atoms with Crippen molar-refractivity contribution in [3.63, 3.8) is 0 Å². The minimum atomic E-state index is -5.19. The molecule has 0 aliphatic rings. The van der Waals surface area contributed by atoms with E-state index in [9.17, 15) is 35.8 Å². The maximum Gasteiger partial charge on any atom is 0.421 e. The zero-order chi connectivity index (χ0) is 21.0. The van der Waals surface area contributed by atoms with Crippen LogP contribution in [0.15, 0.2) is 30.3 Å². The molecule has 0 spiro atoms. The first-order chi connectivity index (χ1) is 12.3. The van der Waals surface area contributed by atoms with Gasteiger partial charge in [0, 0.05) is 30.3 Å². The Labute approximate surface area is 149 Å². The summed E-state index contributed by atoms with van der Waals surface area (Å²) >= 11 is 0. The molecular weight excluding hydrogens is 385 g/mol. The van der Waals surface area contributed by atoms with E-state index in [-0.39, 0.29) is 18.4 Å². The first-order valence-electron chi connectivity index (χ1n) is 7.16. The Balaban J connectivity index is 0.000000309. The smallest absolute Gasteiger partial charge is 0.421 e. The van der Waals surface area contributed by atoms with Gasteiger partial charge in [-0.05, 0) is 6.92 Å². The van der Waals surface area contributed by atoms with E-state index >= 15 is 0 Å². The zero-order valence-corrected chi connectivity index (χ0v) is 14.3. The molecule has 0 aromatic heterocycles. The highest BCUT2D eigenvalue weighted by Crippen LogP contribution is 2.41. The first kappa shape index (κ1) is 22.6. The van der Waals surface area contributed by atoms with Crippen LogP contribution in [0.25, 0.3) is 0 Å². The van der Waals surface area contributed by atoms with Crippen molar-refractivity contribution in [3.05, 3.63) is 59.2 Å². The Morgan fingerprint density at radius 3 is 1.44 bits per heavy atom. The van der Waals surface area contributed by atoms with Crippen molar-refractivity contribution in [1.29, 1.82) is 0 Å². The average Bonchev–Trinajstić information content (AvgIpc) is 2.52. The summed E-state index contributed by atoms with van der Waals surface area (Å²) in [5.41, 5.74) is -5.06. The summed E-state index contributed by atoms with van der Waals surface area (Å²) in [6.45, 7) is 0.279. The molecular formula is C17H15F7O3. The normalized spacial score (nSPS) is 13.3. The van der Waals surface area contributed by atoms with Crippen molar-refractivity contribution in [2.24, 2.45) is 0 Å². The lowest BCUT2D eigenvalue weighted by Gasteiger charge is -2.27. The molecule has 27 heavy (non-hydrogen) atoms. The standard InChI is InChI=1S/C10H9F5O2.C7H6F2O/c1-9(16,10(13,14)15)8-6(11)3-5(17-2)4-7(8)12;1-10-7-3-5(8)2-6(9)4-7/h3-4,16H,1-2H3;2-4H,1H3. The molecule has 0 amide bonds. The number of alkyl halides is 3. The molecule has 0 saturated heterocycles. The van der Waals surface area contributed by atoms with Crippen LogP contribution < -0.4 is 9.47 Å². The van der Waals surface area contributed by atoms with Crippen LogP contribution in [-0.2, 0) is 5.60 Å². The summed E-state index contributed by atoms with van der Waals surface area (Å²) in [4.78, 5) is 0. The van der Waals surface area contributed by atoms with E-state index in [1.54, 1.807) is 0 Å². The van der Waals surface area contributed by atoms with E-state index < -0.39 is 40.6 Å². The van der Waals surface area contributed by atoms with Gasteiger partial charge in [0.05, 0.1) is 19.8 Å². The van der Waals surface area contributed by atoms with Gasteiger partial charge in [0.25, 0.3) is 0 Å². The fourth-order valence-corrected chi connectivity index (χ4v) is 1.92. The Hall–Kier alpha value is -2.49. The van der Waals surface area contributed by atoms with Crippen molar-refractivity contribution in [2.75, 3.05) is 14.2 Å². The van der Waals surface area contributed by atoms with E-state index in [0.29, 0.717) is 12.1 Å². The summed E-state index contributed by atoms with van der Waals surface area (Å²) < 4.78 is 97.7. The predicted octanol–water partition coefficient (Wildman–Crippen LogP) is 4.72. The third-order valence-corrected chi connectivity index (χ3v) is 3.36. The lowest BCUT2D eigenvalue weighted by Crippen LogP contribution is -2.40. The van der Waals surface area contributed by atoms with Crippen LogP contribution in [0.4, 0.5) is 30.7 Å². The Bertz CT molecular complexity index is 745. The molecule has 0 saturated carbocycles. The number of benzene rings is 2. The molecule has 1 atom stereocenters. The van der Waals surface area contributed by atoms with Crippen LogP contribution in [0.1, 0.15) is 12.5 Å². The minimum absolute atomic E-state index is 0.192. The van der Waals surface area contributed by atoms with Crippen molar-refractivity contribution in [2.45, 2.75) is 18.7 Å². The Kier molecular flexibility index (Phi) is 7.07. The minimum Gasteiger partial charge on any atom is -0.497 e. The van der Waals surface area contributed by atoms with E-state index in [1.807, 2.05) is 0 Å². The van der Waals surface area contributed by atoms with Gasteiger partial charge in [-0.15, -0.1) is 0 Å². The molecule has 0 heterocycles. The van der Waals surface area contributed by atoms with E-state index in [0.717, 1.165) is 25.3 Å². The number of halogens is 7. The molecule has 0 radical (unpaired) electrons. The van der Waals surface area contributed by atoms with Gasteiger partial charge in [-0.3, -0.25) is 0 Å². The number of ether oxygens (including phenoxy) is 2. The average molecular weight is 400 g/mol. The van der Waals surface area contributed by atoms with Gasteiger partial charge >= 0.3 is 6.18 Å². The third kappa shape index (κ3) is 5.49. The fraction of sp³-hybridized carbons (Fsp3) is 0.294. The lowest BCUT2D eigenvalue weighted by atomic mass is 9.94. The number of hydrogen-bond donors (Lipinski definition) is 1. The molecule has 0 bridgehead atoms. The van der Waals surface area contributed by atoms with Crippen LogP contribution in [0, 0.1) is 23.3 Å². The fourth-order valence-electron chi connectivity index (χ4n) is 1.92. The van der Waals surface area contributed by atoms with Crippen LogP contribution in [-0.4, -0.2) is 25.5 Å². The summed E-state index contributed by atoms with van der Waals surface area (Å²) in [5, 5.41) is 9.20. The van der Waals surface area contributed by atoms with Crippen molar-refractivity contribution < 1.29 is 45.3 Å². The van der Waals surface area contributed by atoms with Crippen molar-refractivity contribution in [1.82, 2.24) is 0 Å². The molecule has 1 N–H and O–H groups in total. The molecule has 1 unspecified atom stereocenters. The number of aliphatic hydroxyl groups is 1. The van der Waals surface area contributed by atoms with Gasteiger partial charge in [0.15, 0.2) is 5.60 Å². The summed E-state index contributed by atoms with van der Waals surface area (Å²) in [6, 6.07) is 4.16. The van der Waals surface area contributed by atoms with Gasteiger partial charge in [-0.2, -0.15) is 13.2 Å².